The van der Waals surface area contributed by atoms with Crippen molar-refractivity contribution in [2.24, 2.45) is 11.8 Å². The van der Waals surface area contributed by atoms with E-state index in [4.69, 9.17) is 9.47 Å². The van der Waals surface area contributed by atoms with E-state index < -0.39 is 0 Å². The van der Waals surface area contributed by atoms with Gasteiger partial charge in [-0.2, -0.15) is 0 Å². The zero-order valence-electron chi connectivity index (χ0n) is 12.6. The van der Waals surface area contributed by atoms with Crippen molar-refractivity contribution in [3.8, 4) is 11.5 Å². The molecule has 4 nitrogen and oxygen atoms in total. The Morgan fingerprint density at radius 2 is 1.84 bits per heavy atom. The molecule has 0 spiro atoms. The lowest BCUT2D eigenvalue weighted by Crippen LogP contribution is -2.29. The van der Waals surface area contributed by atoms with Crippen molar-refractivity contribution >= 4 is 5.69 Å². The average Bonchev–Trinajstić information content (AvgIpc) is 2.42. The summed E-state index contributed by atoms with van der Waals surface area (Å²) in [6, 6.07) is 5.83. The smallest absolute Gasteiger partial charge is 0.145 e. The Kier molecular flexibility index (Phi) is 6.50. The summed E-state index contributed by atoms with van der Waals surface area (Å²) in [6.07, 6.45) is 0. The van der Waals surface area contributed by atoms with Crippen molar-refractivity contribution in [1.82, 2.24) is 5.32 Å². The van der Waals surface area contributed by atoms with Crippen LogP contribution in [0.2, 0.25) is 0 Å². The molecule has 0 aliphatic heterocycles. The normalized spacial score (nSPS) is 12.3. The topological polar surface area (TPSA) is 42.5 Å². The van der Waals surface area contributed by atoms with Gasteiger partial charge in [0.15, 0.2) is 0 Å². The summed E-state index contributed by atoms with van der Waals surface area (Å²) in [6.45, 7) is 6.41. The Hall–Kier alpha value is -1.42. The van der Waals surface area contributed by atoms with Crippen LogP contribution in [0.1, 0.15) is 13.8 Å². The molecule has 0 radical (unpaired) electrons. The third kappa shape index (κ3) is 4.63. The quantitative estimate of drug-likeness (QED) is 0.759. The lowest BCUT2D eigenvalue weighted by Gasteiger charge is -2.22. The lowest BCUT2D eigenvalue weighted by molar-refractivity contribution is 0.385. The fraction of sp³-hybridized carbons (Fsp3) is 0.600. The van der Waals surface area contributed by atoms with E-state index in [-0.39, 0.29) is 0 Å². The van der Waals surface area contributed by atoms with E-state index in [9.17, 15) is 0 Å². The van der Waals surface area contributed by atoms with Crippen molar-refractivity contribution in [1.29, 1.82) is 0 Å². The molecular weight excluding hydrogens is 240 g/mol. The van der Waals surface area contributed by atoms with E-state index in [0.717, 1.165) is 30.3 Å². The predicted octanol–water partition coefficient (Wildman–Crippen LogP) is 2.61. The monoisotopic (exact) mass is 266 g/mol. The number of hydrogen-bond acceptors (Lipinski definition) is 4. The third-order valence-electron chi connectivity index (χ3n) is 3.37. The maximum Gasteiger partial charge on any atom is 0.145 e. The fourth-order valence-corrected chi connectivity index (χ4v) is 1.99. The molecule has 0 saturated heterocycles. The lowest BCUT2D eigenvalue weighted by atomic mass is 9.95. The Morgan fingerprint density at radius 1 is 1.11 bits per heavy atom. The summed E-state index contributed by atoms with van der Waals surface area (Å²) in [5.74, 6) is 2.82. The second-order valence-corrected chi connectivity index (χ2v) is 5.01. The van der Waals surface area contributed by atoms with Gasteiger partial charge in [0.1, 0.15) is 11.5 Å². The largest absolute Gasteiger partial charge is 0.497 e. The highest BCUT2D eigenvalue weighted by atomic mass is 16.5. The summed E-state index contributed by atoms with van der Waals surface area (Å²) in [7, 11) is 5.32. The standard InChI is InChI=1S/C15H26N2O2/c1-11(2)12(9-16-3)10-17-14-7-6-13(18-4)8-15(14)19-5/h6-8,11-12,16-17H,9-10H2,1-5H3. The Bertz CT molecular complexity index is 380. The summed E-state index contributed by atoms with van der Waals surface area (Å²) in [5.41, 5.74) is 1.00. The number of methoxy groups -OCH3 is 2. The minimum Gasteiger partial charge on any atom is -0.497 e. The molecule has 4 heteroatoms. The first-order valence-electron chi connectivity index (χ1n) is 6.72. The number of anilines is 1. The molecule has 1 atom stereocenters. The molecule has 0 amide bonds. The van der Waals surface area contributed by atoms with Gasteiger partial charge in [0, 0.05) is 12.6 Å². The predicted molar refractivity (Wildman–Crippen MR) is 80.3 cm³/mol. The van der Waals surface area contributed by atoms with Gasteiger partial charge in [0.05, 0.1) is 19.9 Å². The second-order valence-electron chi connectivity index (χ2n) is 5.01. The minimum atomic E-state index is 0.580. The molecule has 0 aliphatic rings. The summed E-state index contributed by atoms with van der Waals surface area (Å²) >= 11 is 0. The average molecular weight is 266 g/mol. The third-order valence-corrected chi connectivity index (χ3v) is 3.37. The highest BCUT2D eigenvalue weighted by Crippen LogP contribution is 2.29. The summed E-state index contributed by atoms with van der Waals surface area (Å²) in [4.78, 5) is 0. The van der Waals surface area contributed by atoms with E-state index in [1.165, 1.54) is 0 Å². The van der Waals surface area contributed by atoms with Crippen LogP contribution in [0.3, 0.4) is 0 Å². The number of benzene rings is 1. The van der Waals surface area contributed by atoms with E-state index >= 15 is 0 Å². The maximum atomic E-state index is 5.38. The van der Waals surface area contributed by atoms with Crippen molar-refractivity contribution in [2.45, 2.75) is 13.8 Å². The molecular formula is C15H26N2O2. The summed E-state index contributed by atoms with van der Waals surface area (Å²) in [5, 5.41) is 6.70. The first-order valence-corrected chi connectivity index (χ1v) is 6.72. The molecule has 0 heterocycles. The highest BCUT2D eigenvalue weighted by molar-refractivity contribution is 5.59. The Morgan fingerprint density at radius 3 is 2.37 bits per heavy atom. The van der Waals surface area contributed by atoms with Crippen LogP contribution in [0, 0.1) is 11.8 Å². The van der Waals surface area contributed by atoms with Crippen LogP contribution in [-0.2, 0) is 0 Å². The molecule has 0 aromatic heterocycles. The zero-order chi connectivity index (χ0) is 14.3. The van der Waals surface area contributed by atoms with Crippen LogP contribution in [0.5, 0.6) is 11.5 Å². The Labute approximate surface area is 116 Å². The van der Waals surface area contributed by atoms with Gasteiger partial charge < -0.3 is 20.1 Å². The Balaban J connectivity index is 2.70. The first kappa shape index (κ1) is 15.6. The summed E-state index contributed by atoms with van der Waals surface area (Å²) < 4.78 is 10.6. The number of ether oxygens (including phenoxy) is 2. The van der Waals surface area contributed by atoms with E-state index in [0.29, 0.717) is 11.8 Å². The number of hydrogen-bond donors (Lipinski definition) is 2. The van der Waals surface area contributed by atoms with Gasteiger partial charge in [0.2, 0.25) is 0 Å². The molecule has 0 fully saturated rings. The molecule has 0 bridgehead atoms. The molecule has 1 aromatic carbocycles. The van der Waals surface area contributed by atoms with E-state index in [2.05, 4.69) is 24.5 Å². The van der Waals surface area contributed by atoms with Gasteiger partial charge in [-0.15, -0.1) is 0 Å². The van der Waals surface area contributed by atoms with Crippen LogP contribution < -0.4 is 20.1 Å². The molecule has 0 saturated carbocycles. The van der Waals surface area contributed by atoms with Crippen molar-refractivity contribution in [3.63, 3.8) is 0 Å². The maximum absolute atomic E-state index is 5.38. The van der Waals surface area contributed by atoms with Crippen molar-refractivity contribution in [3.05, 3.63) is 18.2 Å². The van der Waals surface area contributed by atoms with Crippen LogP contribution in [0.15, 0.2) is 18.2 Å². The zero-order valence-corrected chi connectivity index (χ0v) is 12.6. The van der Waals surface area contributed by atoms with Crippen LogP contribution in [0.4, 0.5) is 5.69 Å². The van der Waals surface area contributed by atoms with E-state index in [1.54, 1.807) is 14.2 Å². The fourth-order valence-electron chi connectivity index (χ4n) is 1.99. The van der Waals surface area contributed by atoms with Crippen LogP contribution in [-0.4, -0.2) is 34.4 Å². The molecule has 108 valence electrons. The molecule has 1 unspecified atom stereocenters. The molecule has 1 rings (SSSR count). The minimum absolute atomic E-state index is 0.580. The first-order chi connectivity index (χ1) is 9.12. The van der Waals surface area contributed by atoms with Crippen LogP contribution in [0.25, 0.3) is 0 Å². The van der Waals surface area contributed by atoms with Crippen molar-refractivity contribution < 1.29 is 9.47 Å². The number of nitrogens with one attached hydrogen (secondary N) is 2. The molecule has 0 aliphatic carbocycles. The van der Waals surface area contributed by atoms with Gasteiger partial charge in [-0.25, -0.2) is 0 Å². The van der Waals surface area contributed by atoms with Crippen molar-refractivity contribution in [2.75, 3.05) is 39.7 Å². The van der Waals surface area contributed by atoms with Gasteiger partial charge >= 0.3 is 0 Å². The number of rotatable bonds is 8. The van der Waals surface area contributed by atoms with Gasteiger partial charge in [-0.3, -0.25) is 0 Å². The van der Waals surface area contributed by atoms with Gasteiger partial charge in [-0.1, -0.05) is 13.8 Å². The van der Waals surface area contributed by atoms with Gasteiger partial charge in [-0.05, 0) is 37.6 Å². The molecule has 2 N–H and O–H groups in total. The molecule has 19 heavy (non-hydrogen) atoms. The van der Waals surface area contributed by atoms with Gasteiger partial charge in [0.25, 0.3) is 0 Å². The highest BCUT2D eigenvalue weighted by Gasteiger charge is 2.13. The second kappa shape index (κ2) is 7.89. The molecule has 1 aromatic rings. The van der Waals surface area contributed by atoms with Crippen LogP contribution >= 0.6 is 0 Å². The SMILES string of the molecule is CNCC(CNc1ccc(OC)cc1OC)C(C)C. The van der Waals surface area contributed by atoms with E-state index in [1.807, 2.05) is 25.2 Å².